The van der Waals surface area contributed by atoms with Crippen molar-refractivity contribution in [3.05, 3.63) is 29.8 Å². The van der Waals surface area contributed by atoms with Crippen LogP contribution >= 0.6 is 0 Å². The molecule has 112 valence electrons. The third-order valence-electron chi connectivity index (χ3n) is 3.62. The molecule has 4 nitrogen and oxygen atoms in total. The molecule has 1 heterocycles. The van der Waals surface area contributed by atoms with Crippen LogP contribution in [0.3, 0.4) is 0 Å². The predicted octanol–water partition coefficient (Wildman–Crippen LogP) is 2.06. The van der Waals surface area contributed by atoms with Crippen LogP contribution in [0.1, 0.15) is 24.8 Å². The standard InChI is InChI=1S/C16H25NO3/c1-19-10-3-11-20-16-5-2-4-14(12-16)13-17-8-6-15(18)7-9-17/h2,4-5,12,15,18H,3,6-11,13H2,1H3. The van der Waals surface area contributed by atoms with E-state index < -0.39 is 0 Å². The Kier molecular flexibility index (Phi) is 6.30. The van der Waals surface area contributed by atoms with Crippen molar-refractivity contribution >= 4 is 0 Å². The third-order valence-corrected chi connectivity index (χ3v) is 3.62. The van der Waals surface area contributed by atoms with E-state index in [1.807, 2.05) is 12.1 Å². The number of hydrogen-bond acceptors (Lipinski definition) is 4. The number of piperidine rings is 1. The quantitative estimate of drug-likeness (QED) is 0.776. The maximum absolute atomic E-state index is 9.52. The van der Waals surface area contributed by atoms with Crippen LogP contribution in [0.2, 0.25) is 0 Å². The van der Waals surface area contributed by atoms with Gasteiger partial charge in [-0.15, -0.1) is 0 Å². The van der Waals surface area contributed by atoms with Crippen molar-refractivity contribution in [1.82, 2.24) is 4.90 Å². The number of benzene rings is 1. The second-order valence-corrected chi connectivity index (χ2v) is 5.35. The summed E-state index contributed by atoms with van der Waals surface area (Å²) in [5, 5.41) is 9.52. The molecule has 4 heteroatoms. The largest absolute Gasteiger partial charge is 0.493 e. The molecule has 0 bridgehead atoms. The first-order chi connectivity index (χ1) is 9.78. The smallest absolute Gasteiger partial charge is 0.119 e. The maximum atomic E-state index is 9.52. The van der Waals surface area contributed by atoms with E-state index in [1.54, 1.807) is 7.11 Å². The average Bonchev–Trinajstić information content (AvgIpc) is 2.47. The van der Waals surface area contributed by atoms with Crippen molar-refractivity contribution < 1.29 is 14.6 Å². The minimum Gasteiger partial charge on any atom is -0.493 e. The lowest BCUT2D eigenvalue weighted by molar-refractivity contribution is 0.0792. The Morgan fingerprint density at radius 3 is 2.80 bits per heavy atom. The summed E-state index contributed by atoms with van der Waals surface area (Å²) in [5.74, 6) is 0.927. The third kappa shape index (κ3) is 5.12. The summed E-state index contributed by atoms with van der Waals surface area (Å²) < 4.78 is 10.7. The van der Waals surface area contributed by atoms with Gasteiger partial charge in [0.25, 0.3) is 0 Å². The average molecular weight is 279 g/mol. The molecule has 20 heavy (non-hydrogen) atoms. The van der Waals surface area contributed by atoms with Gasteiger partial charge >= 0.3 is 0 Å². The Morgan fingerprint density at radius 2 is 2.05 bits per heavy atom. The van der Waals surface area contributed by atoms with Crippen molar-refractivity contribution in [2.24, 2.45) is 0 Å². The number of likely N-dealkylation sites (tertiary alicyclic amines) is 1. The minimum atomic E-state index is -0.110. The second-order valence-electron chi connectivity index (χ2n) is 5.35. The van der Waals surface area contributed by atoms with Crippen LogP contribution in [0.25, 0.3) is 0 Å². The Balaban J connectivity index is 1.79. The van der Waals surface area contributed by atoms with E-state index in [0.29, 0.717) is 6.61 Å². The zero-order valence-electron chi connectivity index (χ0n) is 12.3. The number of ether oxygens (including phenoxy) is 2. The van der Waals surface area contributed by atoms with Crippen LogP contribution in [0.15, 0.2) is 24.3 Å². The van der Waals surface area contributed by atoms with Gasteiger partial charge in [-0.25, -0.2) is 0 Å². The first-order valence-electron chi connectivity index (χ1n) is 7.39. The molecular formula is C16H25NO3. The van der Waals surface area contributed by atoms with Crippen LogP contribution in [-0.4, -0.2) is 49.5 Å². The molecule has 1 fully saturated rings. The van der Waals surface area contributed by atoms with E-state index in [9.17, 15) is 5.11 Å². The van der Waals surface area contributed by atoms with E-state index >= 15 is 0 Å². The molecule has 1 aliphatic rings. The van der Waals surface area contributed by atoms with E-state index in [1.165, 1.54) is 5.56 Å². The Morgan fingerprint density at radius 1 is 1.25 bits per heavy atom. The summed E-state index contributed by atoms with van der Waals surface area (Å²) in [6.07, 6.45) is 2.56. The Labute approximate surface area is 121 Å². The van der Waals surface area contributed by atoms with Gasteiger partial charge in [-0.3, -0.25) is 4.90 Å². The lowest BCUT2D eigenvalue weighted by Crippen LogP contribution is -2.35. The molecule has 1 aliphatic heterocycles. The number of methoxy groups -OCH3 is 1. The number of aliphatic hydroxyl groups excluding tert-OH is 1. The SMILES string of the molecule is COCCCOc1cccc(CN2CCC(O)CC2)c1. The molecule has 0 radical (unpaired) electrons. The number of rotatable bonds is 7. The monoisotopic (exact) mass is 279 g/mol. The molecule has 0 unspecified atom stereocenters. The van der Waals surface area contributed by atoms with Gasteiger partial charge in [-0.1, -0.05) is 12.1 Å². The first kappa shape index (κ1) is 15.3. The molecular weight excluding hydrogens is 254 g/mol. The van der Waals surface area contributed by atoms with E-state index in [2.05, 4.69) is 17.0 Å². The first-order valence-corrected chi connectivity index (χ1v) is 7.39. The fraction of sp³-hybridized carbons (Fsp3) is 0.625. The highest BCUT2D eigenvalue weighted by Gasteiger charge is 2.16. The van der Waals surface area contributed by atoms with Gasteiger partial charge in [0.1, 0.15) is 5.75 Å². The topological polar surface area (TPSA) is 41.9 Å². The predicted molar refractivity (Wildman–Crippen MR) is 78.9 cm³/mol. The van der Waals surface area contributed by atoms with Crippen molar-refractivity contribution in [2.45, 2.75) is 31.9 Å². The lowest BCUT2D eigenvalue weighted by Gasteiger charge is -2.29. The van der Waals surface area contributed by atoms with Crippen LogP contribution in [0.4, 0.5) is 0 Å². The molecule has 2 rings (SSSR count). The molecule has 0 aliphatic carbocycles. The maximum Gasteiger partial charge on any atom is 0.119 e. The van der Waals surface area contributed by atoms with Crippen LogP contribution in [0, 0.1) is 0 Å². The molecule has 0 amide bonds. The van der Waals surface area contributed by atoms with Gasteiger partial charge in [0.05, 0.1) is 12.7 Å². The molecule has 0 spiro atoms. The molecule has 1 N–H and O–H groups in total. The fourth-order valence-corrected chi connectivity index (χ4v) is 2.46. The van der Waals surface area contributed by atoms with E-state index in [4.69, 9.17) is 9.47 Å². The van der Waals surface area contributed by atoms with Gasteiger partial charge < -0.3 is 14.6 Å². The van der Waals surface area contributed by atoms with Gasteiger partial charge in [0.15, 0.2) is 0 Å². The van der Waals surface area contributed by atoms with E-state index in [0.717, 1.165) is 51.3 Å². The zero-order valence-corrected chi connectivity index (χ0v) is 12.3. The molecule has 0 aromatic heterocycles. The highest BCUT2D eigenvalue weighted by molar-refractivity contribution is 5.28. The summed E-state index contributed by atoms with van der Waals surface area (Å²) in [5.41, 5.74) is 1.27. The van der Waals surface area contributed by atoms with Gasteiger partial charge in [0.2, 0.25) is 0 Å². The van der Waals surface area contributed by atoms with Crippen LogP contribution in [0.5, 0.6) is 5.75 Å². The van der Waals surface area contributed by atoms with Crippen molar-refractivity contribution in [3.8, 4) is 5.75 Å². The summed E-state index contributed by atoms with van der Waals surface area (Å²) >= 11 is 0. The highest BCUT2D eigenvalue weighted by Crippen LogP contribution is 2.18. The summed E-state index contributed by atoms with van der Waals surface area (Å²) in [6, 6.07) is 8.28. The molecule has 0 atom stereocenters. The van der Waals surface area contributed by atoms with E-state index in [-0.39, 0.29) is 6.10 Å². The van der Waals surface area contributed by atoms with Crippen molar-refractivity contribution in [2.75, 3.05) is 33.4 Å². The molecule has 1 aromatic rings. The van der Waals surface area contributed by atoms with Crippen LogP contribution in [-0.2, 0) is 11.3 Å². The Bertz CT molecular complexity index is 389. The minimum absolute atomic E-state index is 0.110. The second kappa shape index (κ2) is 8.25. The summed E-state index contributed by atoms with van der Waals surface area (Å²) in [6.45, 7) is 4.30. The Hall–Kier alpha value is -1.10. The normalized spacial score (nSPS) is 17.3. The lowest BCUT2D eigenvalue weighted by atomic mass is 10.1. The summed E-state index contributed by atoms with van der Waals surface area (Å²) in [7, 11) is 1.70. The molecule has 1 aromatic carbocycles. The zero-order chi connectivity index (χ0) is 14.2. The van der Waals surface area contributed by atoms with Crippen molar-refractivity contribution in [1.29, 1.82) is 0 Å². The van der Waals surface area contributed by atoms with Gasteiger partial charge in [-0.05, 0) is 30.5 Å². The summed E-state index contributed by atoms with van der Waals surface area (Å²) in [4.78, 5) is 2.39. The van der Waals surface area contributed by atoms with Crippen molar-refractivity contribution in [3.63, 3.8) is 0 Å². The number of hydrogen-bond donors (Lipinski definition) is 1. The number of nitrogens with zero attached hydrogens (tertiary/aromatic N) is 1. The fourth-order valence-electron chi connectivity index (χ4n) is 2.46. The van der Waals surface area contributed by atoms with Gasteiger partial charge in [-0.2, -0.15) is 0 Å². The number of aliphatic hydroxyl groups is 1. The molecule has 0 saturated carbocycles. The van der Waals surface area contributed by atoms with Gasteiger partial charge in [0, 0.05) is 39.8 Å². The highest BCUT2D eigenvalue weighted by atomic mass is 16.5. The van der Waals surface area contributed by atoms with Crippen LogP contribution < -0.4 is 4.74 Å². The molecule has 1 saturated heterocycles.